The Morgan fingerprint density at radius 2 is 2.19 bits per heavy atom. The Morgan fingerprint density at radius 1 is 1.44 bits per heavy atom. The van der Waals surface area contributed by atoms with Crippen molar-refractivity contribution in [3.63, 3.8) is 0 Å². The number of benzene rings is 1. The van der Waals surface area contributed by atoms with Gasteiger partial charge in [-0.05, 0) is 61.0 Å². The van der Waals surface area contributed by atoms with E-state index >= 15 is 0 Å². The van der Waals surface area contributed by atoms with Crippen LogP contribution in [-0.2, 0) is 0 Å². The highest BCUT2D eigenvalue weighted by atomic mass is 127. The second-order valence-corrected chi connectivity index (χ2v) is 4.90. The largest absolute Gasteiger partial charge is 0.352 e. The maximum atomic E-state index is 11.8. The lowest BCUT2D eigenvalue weighted by molar-refractivity contribution is 0.0952. The molecule has 0 aliphatic carbocycles. The molecule has 0 fully saturated rings. The van der Waals surface area contributed by atoms with Gasteiger partial charge in [0.25, 0.3) is 5.91 Å². The number of amides is 1. The molecule has 0 saturated carbocycles. The number of rotatable bonds is 5. The van der Waals surface area contributed by atoms with Crippen molar-refractivity contribution < 1.29 is 4.79 Å². The summed E-state index contributed by atoms with van der Waals surface area (Å²) in [6.45, 7) is 3.36. The van der Waals surface area contributed by atoms with Crippen molar-refractivity contribution in [1.29, 1.82) is 0 Å². The van der Waals surface area contributed by atoms with E-state index in [1.54, 1.807) is 0 Å². The van der Waals surface area contributed by atoms with E-state index in [1.165, 1.54) is 0 Å². The second-order valence-electron chi connectivity index (χ2n) is 3.73. The van der Waals surface area contributed by atoms with Gasteiger partial charge in [0.1, 0.15) is 0 Å². The van der Waals surface area contributed by atoms with Crippen LogP contribution in [0.1, 0.15) is 28.8 Å². The van der Waals surface area contributed by atoms with Gasteiger partial charge in [-0.2, -0.15) is 0 Å². The molecule has 0 radical (unpaired) electrons. The zero-order valence-electron chi connectivity index (χ0n) is 9.42. The molecule has 1 amide bonds. The summed E-state index contributed by atoms with van der Waals surface area (Å²) in [5.74, 6) is 0.00474. The molecule has 0 aromatic heterocycles. The number of hydrogen-bond donors (Lipinski definition) is 2. The Labute approximate surface area is 110 Å². The molecule has 1 aromatic rings. The monoisotopic (exact) mass is 332 g/mol. The fraction of sp³-hybridized carbons (Fsp3) is 0.417. The minimum Gasteiger partial charge on any atom is -0.352 e. The molecule has 3 nitrogen and oxygen atoms in total. The number of hydrogen-bond acceptors (Lipinski definition) is 2. The van der Waals surface area contributed by atoms with Crippen LogP contribution in [-0.4, -0.2) is 19.0 Å². The molecule has 0 atom stereocenters. The fourth-order valence-electron chi connectivity index (χ4n) is 1.38. The summed E-state index contributed by atoms with van der Waals surface area (Å²) in [6, 6.07) is 5.89. The SMILES string of the molecule is Cc1ccc(I)c(C(=O)NCCCCN)c1. The zero-order valence-corrected chi connectivity index (χ0v) is 11.6. The summed E-state index contributed by atoms with van der Waals surface area (Å²) in [5, 5.41) is 2.90. The normalized spacial score (nSPS) is 10.2. The Kier molecular flexibility index (Phi) is 5.76. The highest BCUT2D eigenvalue weighted by molar-refractivity contribution is 14.1. The molecule has 0 bridgehead atoms. The third-order valence-electron chi connectivity index (χ3n) is 2.28. The average molecular weight is 332 g/mol. The van der Waals surface area contributed by atoms with E-state index in [0.717, 1.165) is 27.5 Å². The lowest BCUT2D eigenvalue weighted by atomic mass is 10.1. The molecule has 0 aliphatic heterocycles. The first-order chi connectivity index (χ1) is 7.65. The van der Waals surface area contributed by atoms with Gasteiger partial charge in [0.15, 0.2) is 0 Å². The molecular weight excluding hydrogens is 315 g/mol. The van der Waals surface area contributed by atoms with Gasteiger partial charge in [-0.25, -0.2) is 0 Å². The number of carbonyl (C=O) groups excluding carboxylic acids is 1. The summed E-state index contributed by atoms with van der Waals surface area (Å²) in [7, 11) is 0. The van der Waals surface area contributed by atoms with Crippen LogP contribution >= 0.6 is 22.6 Å². The molecular formula is C12H17IN2O. The summed E-state index contributed by atoms with van der Waals surface area (Å²) in [5.41, 5.74) is 7.25. The number of nitrogens with two attached hydrogens (primary N) is 1. The predicted molar refractivity (Wildman–Crippen MR) is 74.5 cm³/mol. The van der Waals surface area contributed by atoms with Gasteiger partial charge in [-0.15, -0.1) is 0 Å². The van der Waals surface area contributed by atoms with Crippen molar-refractivity contribution in [2.45, 2.75) is 19.8 Å². The molecule has 0 saturated heterocycles. The average Bonchev–Trinajstić information content (AvgIpc) is 2.27. The van der Waals surface area contributed by atoms with Crippen molar-refractivity contribution in [2.75, 3.05) is 13.1 Å². The number of carbonyl (C=O) groups is 1. The molecule has 0 heterocycles. The summed E-state index contributed by atoms with van der Waals surface area (Å²) < 4.78 is 0.986. The predicted octanol–water partition coefficient (Wildman–Crippen LogP) is 2.07. The Bertz CT molecular complexity index is 366. The van der Waals surface area contributed by atoms with E-state index in [-0.39, 0.29) is 5.91 Å². The zero-order chi connectivity index (χ0) is 12.0. The van der Waals surface area contributed by atoms with E-state index in [9.17, 15) is 4.79 Å². The van der Waals surface area contributed by atoms with Crippen molar-refractivity contribution in [1.82, 2.24) is 5.32 Å². The van der Waals surface area contributed by atoms with Gasteiger partial charge in [0.2, 0.25) is 0 Å². The van der Waals surface area contributed by atoms with E-state index in [4.69, 9.17) is 5.73 Å². The Morgan fingerprint density at radius 3 is 2.88 bits per heavy atom. The maximum absolute atomic E-state index is 11.8. The Hall–Kier alpha value is -0.620. The second kappa shape index (κ2) is 6.85. The van der Waals surface area contributed by atoms with Crippen LogP contribution < -0.4 is 11.1 Å². The van der Waals surface area contributed by atoms with Crippen LogP contribution in [0.3, 0.4) is 0 Å². The quantitative estimate of drug-likeness (QED) is 0.641. The minimum atomic E-state index is 0.00474. The number of unbranched alkanes of at least 4 members (excludes halogenated alkanes) is 1. The standard InChI is InChI=1S/C12H17IN2O/c1-9-4-5-11(13)10(8-9)12(16)15-7-3-2-6-14/h4-5,8H,2-3,6-7,14H2,1H3,(H,15,16). The lowest BCUT2D eigenvalue weighted by Crippen LogP contribution is -2.25. The van der Waals surface area contributed by atoms with Crippen LogP contribution in [0.5, 0.6) is 0 Å². The van der Waals surface area contributed by atoms with Crippen molar-refractivity contribution in [3.8, 4) is 0 Å². The number of halogens is 1. The van der Waals surface area contributed by atoms with Crippen LogP contribution in [0.2, 0.25) is 0 Å². The smallest absolute Gasteiger partial charge is 0.252 e. The van der Waals surface area contributed by atoms with Gasteiger partial charge in [-0.3, -0.25) is 4.79 Å². The molecule has 88 valence electrons. The fourth-order valence-corrected chi connectivity index (χ4v) is 1.96. The first kappa shape index (κ1) is 13.4. The van der Waals surface area contributed by atoms with Gasteiger partial charge in [0.05, 0.1) is 5.56 Å². The van der Waals surface area contributed by atoms with E-state index in [1.807, 2.05) is 25.1 Å². The van der Waals surface area contributed by atoms with Gasteiger partial charge in [0, 0.05) is 10.1 Å². The van der Waals surface area contributed by atoms with Crippen LogP contribution in [0.25, 0.3) is 0 Å². The summed E-state index contributed by atoms with van der Waals surface area (Å²) in [6.07, 6.45) is 1.88. The first-order valence-electron chi connectivity index (χ1n) is 5.39. The van der Waals surface area contributed by atoms with Gasteiger partial charge in [-0.1, -0.05) is 11.6 Å². The molecule has 0 spiro atoms. The van der Waals surface area contributed by atoms with Crippen LogP contribution in [0.15, 0.2) is 18.2 Å². The molecule has 4 heteroatoms. The summed E-state index contributed by atoms with van der Waals surface area (Å²) >= 11 is 2.18. The van der Waals surface area contributed by atoms with Crippen molar-refractivity contribution in [3.05, 3.63) is 32.9 Å². The molecule has 1 rings (SSSR count). The van der Waals surface area contributed by atoms with Gasteiger partial charge < -0.3 is 11.1 Å². The third kappa shape index (κ3) is 4.09. The summed E-state index contributed by atoms with van der Waals surface area (Å²) in [4.78, 5) is 11.8. The first-order valence-corrected chi connectivity index (χ1v) is 6.47. The molecule has 0 unspecified atom stereocenters. The van der Waals surface area contributed by atoms with E-state index in [2.05, 4.69) is 27.9 Å². The van der Waals surface area contributed by atoms with E-state index < -0.39 is 0 Å². The van der Waals surface area contributed by atoms with Gasteiger partial charge >= 0.3 is 0 Å². The lowest BCUT2D eigenvalue weighted by Gasteiger charge is -2.07. The number of aryl methyl sites for hydroxylation is 1. The maximum Gasteiger partial charge on any atom is 0.252 e. The van der Waals surface area contributed by atoms with Crippen LogP contribution in [0.4, 0.5) is 0 Å². The third-order valence-corrected chi connectivity index (χ3v) is 3.22. The number of nitrogens with one attached hydrogen (secondary N) is 1. The van der Waals surface area contributed by atoms with E-state index in [0.29, 0.717) is 13.1 Å². The van der Waals surface area contributed by atoms with Crippen molar-refractivity contribution >= 4 is 28.5 Å². The Balaban J connectivity index is 2.55. The van der Waals surface area contributed by atoms with Crippen LogP contribution in [0, 0.1) is 10.5 Å². The highest BCUT2D eigenvalue weighted by Gasteiger charge is 2.08. The minimum absolute atomic E-state index is 0.00474. The van der Waals surface area contributed by atoms with Crippen molar-refractivity contribution in [2.24, 2.45) is 5.73 Å². The highest BCUT2D eigenvalue weighted by Crippen LogP contribution is 2.13. The molecule has 0 aliphatic rings. The molecule has 16 heavy (non-hydrogen) atoms. The topological polar surface area (TPSA) is 55.1 Å². The molecule has 1 aromatic carbocycles. The molecule has 3 N–H and O–H groups in total.